The molecule has 1 radical (unpaired) electrons. The van der Waals surface area contributed by atoms with E-state index in [4.69, 9.17) is 12.1 Å². The molecule has 0 fully saturated rings. The topological polar surface area (TPSA) is 38.9 Å². The van der Waals surface area contributed by atoms with Crippen molar-refractivity contribution in [3.05, 3.63) is 186 Å². The van der Waals surface area contributed by atoms with Gasteiger partial charge in [-0.25, -0.2) is 0 Å². The standard InChI is InChI=1S/C24H16NO.C22H24NSi.Ir/c1-2-6-17(7-3-1)14-18-12-13-25-22(15-18)19-10-11-24-21(16-19)20-8-4-5-9-23(20)26-24;1-17(18-11-7-5-8-12-18)20-15-21(19-13-9-6-10-14-19)23-16-22(20)24(2,3)4;/h1-9,11-13,15-16H,14H2;5-13,15-17H,1-4H3;/q2*-1;/i14D2;17D;. The maximum atomic E-state index is 9.17. The summed E-state index contributed by atoms with van der Waals surface area (Å²) in [4.78, 5) is 9.16. The Morgan fingerprint density at radius 1 is 0.706 bits per heavy atom. The SMILES string of the molecule is [2H]C(C)(c1ccccc1)c1cc(-c2[c-]cccc2)ncc1[Si](C)(C)C.[2H]C([2H])(c1ccccc1)c1ccnc(-c2[c-]cc3oc4ccccc4c3c2)c1.[Ir]. The molecular weight excluding hydrogens is 817 g/mol. The molecule has 1 unspecified atom stereocenters. The molecule has 8 rings (SSSR count). The van der Waals surface area contributed by atoms with E-state index in [-0.39, 0.29) is 20.1 Å². The Hall–Kier alpha value is -4.93. The van der Waals surface area contributed by atoms with Crippen molar-refractivity contribution in [2.45, 2.75) is 38.8 Å². The van der Waals surface area contributed by atoms with Crippen LogP contribution in [0, 0.1) is 12.1 Å². The molecule has 0 aliphatic carbocycles. The minimum atomic E-state index is -1.64. The third-order valence-electron chi connectivity index (χ3n) is 8.72. The molecule has 255 valence electrons. The van der Waals surface area contributed by atoms with Crippen molar-refractivity contribution in [2.24, 2.45) is 0 Å². The maximum absolute atomic E-state index is 9.17. The molecule has 0 aliphatic heterocycles. The number of benzene rings is 5. The summed E-state index contributed by atoms with van der Waals surface area (Å²) in [5.74, 6) is -0.816. The van der Waals surface area contributed by atoms with E-state index in [9.17, 15) is 1.37 Å². The fourth-order valence-electron chi connectivity index (χ4n) is 6.07. The second kappa shape index (κ2) is 16.0. The van der Waals surface area contributed by atoms with Crippen LogP contribution in [0.4, 0.5) is 0 Å². The first-order chi connectivity index (χ1) is 25.4. The maximum Gasteiger partial charge on any atom is 0.120 e. The van der Waals surface area contributed by atoms with E-state index in [0.29, 0.717) is 16.8 Å². The Morgan fingerprint density at radius 3 is 2.16 bits per heavy atom. The third kappa shape index (κ3) is 8.35. The quantitative estimate of drug-likeness (QED) is 0.118. The molecule has 3 nitrogen and oxygen atoms in total. The number of aromatic nitrogens is 2. The van der Waals surface area contributed by atoms with Crippen molar-refractivity contribution in [1.29, 1.82) is 0 Å². The summed E-state index contributed by atoms with van der Waals surface area (Å²) in [6, 6.07) is 51.0. The van der Waals surface area contributed by atoms with E-state index in [1.807, 2.05) is 122 Å². The van der Waals surface area contributed by atoms with E-state index in [1.54, 1.807) is 30.5 Å². The first-order valence-electron chi connectivity index (χ1n) is 18.3. The van der Waals surface area contributed by atoms with Crippen LogP contribution < -0.4 is 5.19 Å². The predicted molar refractivity (Wildman–Crippen MR) is 210 cm³/mol. The Labute approximate surface area is 320 Å². The number of para-hydroxylation sites is 1. The van der Waals surface area contributed by atoms with Crippen molar-refractivity contribution in [3.8, 4) is 22.5 Å². The van der Waals surface area contributed by atoms with Gasteiger partial charge in [0, 0.05) is 47.9 Å². The molecule has 5 aromatic carbocycles. The van der Waals surface area contributed by atoms with Crippen LogP contribution in [-0.2, 0) is 26.5 Å². The fourth-order valence-corrected chi connectivity index (χ4v) is 7.59. The Kier molecular flexibility index (Phi) is 10.0. The first-order valence-corrected chi connectivity index (χ1v) is 20.3. The number of hydrogen-bond acceptors (Lipinski definition) is 3. The first kappa shape index (κ1) is 32.0. The molecule has 0 aliphatic rings. The Balaban J connectivity index is 0.000000182. The van der Waals surface area contributed by atoms with Crippen molar-refractivity contribution in [3.63, 3.8) is 0 Å². The third-order valence-corrected chi connectivity index (χ3v) is 10.7. The van der Waals surface area contributed by atoms with Gasteiger partial charge in [-0.2, -0.15) is 0 Å². The smallest absolute Gasteiger partial charge is 0.120 e. The molecule has 0 spiro atoms. The second-order valence-corrected chi connectivity index (χ2v) is 18.3. The van der Waals surface area contributed by atoms with Gasteiger partial charge in [0.1, 0.15) is 5.58 Å². The van der Waals surface area contributed by atoms with Crippen molar-refractivity contribution in [2.75, 3.05) is 0 Å². The average Bonchev–Trinajstić information content (AvgIpc) is 3.57. The van der Waals surface area contributed by atoms with E-state index in [0.717, 1.165) is 49.9 Å². The molecule has 0 N–H and O–H groups in total. The van der Waals surface area contributed by atoms with E-state index < -0.39 is 20.3 Å². The summed E-state index contributed by atoms with van der Waals surface area (Å²) >= 11 is 0. The number of pyridine rings is 2. The van der Waals surface area contributed by atoms with Crippen molar-refractivity contribution in [1.82, 2.24) is 9.97 Å². The summed E-state index contributed by atoms with van der Waals surface area (Å²) in [6.45, 7) is 8.91. The van der Waals surface area contributed by atoms with Gasteiger partial charge in [0.2, 0.25) is 0 Å². The van der Waals surface area contributed by atoms with Crippen molar-refractivity contribution >= 4 is 35.2 Å². The van der Waals surface area contributed by atoms with Crippen LogP contribution in [0.2, 0.25) is 19.6 Å². The molecule has 3 aromatic heterocycles. The molecule has 0 saturated heterocycles. The van der Waals surface area contributed by atoms with Gasteiger partial charge >= 0.3 is 0 Å². The summed E-state index contributed by atoms with van der Waals surface area (Å²) in [5.41, 5.74) is 8.20. The normalized spacial score (nSPS) is 13.5. The second-order valence-electron chi connectivity index (χ2n) is 13.3. The molecular formula is C46H40IrN2OSi-2. The summed E-state index contributed by atoms with van der Waals surface area (Å²) in [7, 11) is -1.64. The van der Waals surface area contributed by atoms with Crippen LogP contribution in [0.5, 0.6) is 0 Å². The van der Waals surface area contributed by atoms with Crippen LogP contribution in [-0.4, -0.2) is 18.0 Å². The number of rotatable bonds is 7. The molecule has 51 heavy (non-hydrogen) atoms. The van der Waals surface area contributed by atoms with Gasteiger partial charge in [0.15, 0.2) is 0 Å². The van der Waals surface area contributed by atoms with Crippen LogP contribution in [0.15, 0.2) is 156 Å². The average molecular weight is 860 g/mol. The zero-order valence-electron chi connectivity index (χ0n) is 32.1. The van der Waals surface area contributed by atoms with Gasteiger partial charge in [-0.3, -0.25) is 0 Å². The van der Waals surface area contributed by atoms with Crippen LogP contribution in [0.3, 0.4) is 0 Å². The van der Waals surface area contributed by atoms with E-state index in [2.05, 4.69) is 42.8 Å². The molecule has 5 heteroatoms. The minimum Gasteiger partial charge on any atom is -0.500 e. The molecule has 0 amide bonds. The van der Waals surface area contributed by atoms with Crippen LogP contribution in [0.1, 0.15) is 39.2 Å². The predicted octanol–water partition coefficient (Wildman–Crippen LogP) is 11.3. The number of hydrogen-bond donors (Lipinski definition) is 0. The number of nitrogens with zero attached hydrogens (tertiary/aromatic N) is 2. The Bertz CT molecular complexity index is 2500. The van der Waals surface area contributed by atoms with Crippen LogP contribution in [0.25, 0.3) is 44.5 Å². The summed E-state index contributed by atoms with van der Waals surface area (Å²) in [6.07, 6.45) is 2.04. The van der Waals surface area contributed by atoms with Crippen molar-refractivity contribution < 1.29 is 28.6 Å². The summed E-state index contributed by atoms with van der Waals surface area (Å²) in [5, 5.41) is 3.29. The zero-order chi connectivity index (χ0) is 37.2. The molecule has 8 aromatic rings. The van der Waals surface area contributed by atoms with Gasteiger partial charge < -0.3 is 14.4 Å². The molecule has 3 heterocycles. The Morgan fingerprint density at radius 2 is 1.41 bits per heavy atom. The van der Waals surface area contributed by atoms with Gasteiger partial charge in [0.05, 0.1) is 13.7 Å². The van der Waals surface area contributed by atoms with Crippen LogP contribution >= 0.6 is 0 Å². The molecule has 1 atom stereocenters. The fraction of sp³-hybridized carbons (Fsp3) is 0.130. The minimum absolute atomic E-state index is 0. The zero-order valence-corrected chi connectivity index (χ0v) is 32.5. The molecule has 0 bridgehead atoms. The van der Waals surface area contributed by atoms with Gasteiger partial charge in [0.25, 0.3) is 0 Å². The monoisotopic (exact) mass is 860 g/mol. The number of fused-ring (bicyclic) bond motifs is 3. The largest absolute Gasteiger partial charge is 0.500 e. The van der Waals surface area contributed by atoms with Gasteiger partial charge in [-0.15, -0.1) is 59.7 Å². The van der Waals surface area contributed by atoms with E-state index in [1.165, 1.54) is 5.19 Å². The van der Waals surface area contributed by atoms with Gasteiger partial charge in [-0.05, 0) is 57.3 Å². The summed E-state index contributed by atoms with van der Waals surface area (Å²) < 4.78 is 32.2. The van der Waals surface area contributed by atoms with E-state index >= 15 is 0 Å². The molecule has 0 saturated carbocycles. The van der Waals surface area contributed by atoms with Gasteiger partial charge in [-0.1, -0.05) is 123 Å². The number of furan rings is 1.